The summed E-state index contributed by atoms with van der Waals surface area (Å²) in [5, 5.41) is 0. The second-order valence-electron chi connectivity index (χ2n) is 9.84. The maximum atomic E-state index is 13.3. The Labute approximate surface area is 132 Å². The van der Waals surface area contributed by atoms with Crippen molar-refractivity contribution in [2.24, 2.45) is 21.7 Å². The van der Waals surface area contributed by atoms with Crippen molar-refractivity contribution >= 4 is 5.91 Å². The molecule has 124 valence electrons. The van der Waals surface area contributed by atoms with Crippen LogP contribution in [0.5, 0.6) is 0 Å². The number of hydrogen-bond acceptors (Lipinski definition) is 1. The van der Waals surface area contributed by atoms with Crippen LogP contribution in [0.2, 0.25) is 0 Å². The highest BCUT2D eigenvalue weighted by molar-refractivity contribution is 5.85. The summed E-state index contributed by atoms with van der Waals surface area (Å²) < 4.78 is 0. The number of likely N-dealkylation sites (tertiary alicyclic amines) is 1. The average molecular weight is 296 g/mol. The molecule has 0 unspecified atom stereocenters. The molecular weight excluding hydrogens is 258 g/mol. The van der Waals surface area contributed by atoms with Crippen molar-refractivity contribution < 1.29 is 4.79 Å². The zero-order valence-corrected chi connectivity index (χ0v) is 16.3. The van der Waals surface area contributed by atoms with E-state index in [9.17, 15) is 4.79 Å². The van der Waals surface area contributed by atoms with Crippen LogP contribution in [0.4, 0.5) is 0 Å². The van der Waals surface area contributed by atoms with E-state index in [1.165, 1.54) is 0 Å². The van der Waals surface area contributed by atoms with Gasteiger partial charge in [-0.05, 0) is 36.5 Å². The minimum Gasteiger partial charge on any atom is -0.336 e. The molecule has 0 bridgehead atoms. The highest BCUT2D eigenvalue weighted by atomic mass is 16.2. The average Bonchev–Trinajstić information content (AvgIpc) is 2.33. The first-order valence-electron chi connectivity index (χ1n) is 8.38. The van der Waals surface area contributed by atoms with Crippen LogP contribution in [-0.2, 0) is 4.79 Å². The summed E-state index contributed by atoms with van der Waals surface area (Å²) in [6.45, 7) is 25.5. The van der Waals surface area contributed by atoms with Gasteiger partial charge in [0, 0.05) is 17.5 Å². The lowest BCUT2D eigenvalue weighted by atomic mass is 9.46. The Morgan fingerprint density at radius 2 is 1.33 bits per heavy atom. The predicted octanol–water partition coefficient (Wildman–Crippen LogP) is 5.12. The number of carbonyl (C=O) groups excluding carboxylic acids is 1. The van der Waals surface area contributed by atoms with Crippen molar-refractivity contribution in [3.05, 3.63) is 0 Å². The van der Waals surface area contributed by atoms with E-state index in [0.717, 1.165) is 13.0 Å². The van der Waals surface area contributed by atoms with Gasteiger partial charge >= 0.3 is 0 Å². The second kappa shape index (κ2) is 4.73. The maximum Gasteiger partial charge on any atom is 0.229 e. The Bertz CT molecular complexity index is 427. The summed E-state index contributed by atoms with van der Waals surface area (Å²) in [6, 6.07) is 0. The minimum atomic E-state index is -0.351. The molecule has 1 aliphatic rings. The van der Waals surface area contributed by atoms with E-state index in [-0.39, 0.29) is 27.2 Å². The van der Waals surface area contributed by atoms with Crippen LogP contribution < -0.4 is 0 Å². The second-order valence-corrected chi connectivity index (χ2v) is 9.84. The molecule has 0 saturated carbocycles. The first kappa shape index (κ1) is 18.5. The third kappa shape index (κ3) is 2.33. The molecule has 21 heavy (non-hydrogen) atoms. The molecule has 1 aliphatic heterocycles. The third-order valence-corrected chi connectivity index (χ3v) is 7.65. The van der Waals surface area contributed by atoms with Crippen LogP contribution in [0, 0.1) is 21.7 Å². The molecular formula is C19H37NO. The smallest absolute Gasteiger partial charge is 0.229 e. The van der Waals surface area contributed by atoms with Gasteiger partial charge in [0.2, 0.25) is 5.91 Å². The molecule has 2 heteroatoms. The maximum absolute atomic E-state index is 13.3. The van der Waals surface area contributed by atoms with Crippen molar-refractivity contribution in [3.63, 3.8) is 0 Å². The molecule has 1 heterocycles. The van der Waals surface area contributed by atoms with E-state index in [1.54, 1.807) is 0 Å². The van der Waals surface area contributed by atoms with Gasteiger partial charge in [-0.2, -0.15) is 0 Å². The quantitative estimate of drug-likeness (QED) is 0.707. The SMILES string of the molecule is CCC(C)(C)CN1C(=O)C(C)(C)C(C)(C)C(C)(C)C1(C)C. The first-order valence-corrected chi connectivity index (χ1v) is 8.38. The molecule has 1 saturated heterocycles. The van der Waals surface area contributed by atoms with Crippen LogP contribution in [0.15, 0.2) is 0 Å². The van der Waals surface area contributed by atoms with Gasteiger partial charge in [-0.1, -0.05) is 62.3 Å². The number of carbonyl (C=O) groups is 1. The van der Waals surface area contributed by atoms with Crippen LogP contribution in [0.25, 0.3) is 0 Å². The first-order chi connectivity index (χ1) is 9.06. The van der Waals surface area contributed by atoms with E-state index in [2.05, 4.69) is 81.1 Å². The summed E-state index contributed by atoms with van der Waals surface area (Å²) in [7, 11) is 0. The fourth-order valence-corrected chi connectivity index (χ4v) is 3.55. The Hall–Kier alpha value is -0.530. The Kier molecular flexibility index (Phi) is 4.17. The highest BCUT2D eigenvalue weighted by Crippen LogP contribution is 2.62. The fraction of sp³-hybridized carbons (Fsp3) is 0.947. The van der Waals surface area contributed by atoms with E-state index in [0.29, 0.717) is 5.91 Å². The Balaban J connectivity index is 3.43. The normalized spacial score (nSPS) is 26.8. The number of nitrogens with zero attached hydrogens (tertiary/aromatic N) is 1. The molecule has 0 aromatic heterocycles. The molecule has 1 rings (SSSR count). The van der Waals surface area contributed by atoms with Crippen molar-refractivity contribution in [3.8, 4) is 0 Å². The summed E-state index contributed by atoms with van der Waals surface area (Å²) in [5.74, 6) is 0.304. The van der Waals surface area contributed by atoms with Gasteiger partial charge in [-0.15, -0.1) is 0 Å². The van der Waals surface area contributed by atoms with Crippen molar-refractivity contribution in [2.75, 3.05) is 6.54 Å². The van der Waals surface area contributed by atoms with Crippen LogP contribution in [0.1, 0.15) is 82.6 Å². The Morgan fingerprint density at radius 1 is 0.905 bits per heavy atom. The molecule has 0 aliphatic carbocycles. The molecule has 0 atom stereocenters. The molecule has 1 amide bonds. The van der Waals surface area contributed by atoms with Gasteiger partial charge < -0.3 is 4.90 Å². The van der Waals surface area contributed by atoms with Crippen molar-refractivity contribution in [1.29, 1.82) is 0 Å². The van der Waals surface area contributed by atoms with Crippen LogP contribution in [-0.4, -0.2) is 22.9 Å². The number of piperidine rings is 1. The molecule has 2 nitrogen and oxygen atoms in total. The summed E-state index contributed by atoms with van der Waals surface area (Å²) >= 11 is 0. The lowest BCUT2D eigenvalue weighted by Crippen LogP contribution is -2.73. The van der Waals surface area contributed by atoms with Gasteiger partial charge in [0.15, 0.2) is 0 Å². The van der Waals surface area contributed by atoms with E-state index < -0.39 is 0 Å². The van der Waals surface area contributed by atoms with Crippen LogP contribution >= 0.6 is 0 Å². The van der Waals surface area contributed by atoms with Gasteiger partial charge in [0.25, 0.3) is 0 Å². The minimum absolute atomic E-state index is 0.0290. The zero-order valence-electron chi connectivity index (χ0n) is 16.3. The van der Waals surface area contributed by atoms with E-state index in [4.69, 9.17) is 0 Å². The molecule has 1 fully saturated rings. The molecule has 0 radical (unpaired) electrons. The zero-order chi connectivity index (χ0) is 17.1. The summed E-state index contributed by atoms with van der Waals surface area (Å²) in [4.78, 5) is 15.5. The standard InChI is InChI=1S/C19H37NO/c1-12-15(2,3)13-20-14(21)16(4,5)17(6,7)18(8,9)19(20,10)11/h12-13H2,1-11H3. The number of amides is 1. The van der Waals surface area contributed by atoms with Crippen molar-refractivity contribution in [2.45, 2.75) is 88.1 Å². The van der Waals surface area contributed by atoms with E-state index in [1.807, 2.05) is 0 Å². The van der Waals surface area contributed by atoms with Gasteiger partial charge in [-0.3, -0.25) is 4.79 Å². The summed E-state index contributed by atoms with van der Waals surface area (Å²) in [6.07, 6.45) is 1.08. The largest absolute Gasteiger partial charge is 0.336 e. The van der Waals surface area contributed by atoms with Gasteiger partial charge in [0.05, 0.1) is 0 Å². The van der Waals surface area contributed by atoms with Gasteiger partial charge in [-0.25, -0.2) is 0 Å². The lowest BCUT2D eigenvalue weighted by molar-refractivity contribution is -0.202. The Morgan fingerprint density at radius 3 is 1.71 bits per heavy atom. The van der Waals surface area contributed by atoms with Gasteiger partial charge in [0.1, 0.15) is 0 Å². The molecule has 0 aromatic carbocycles. The number of rotatable bonds is 3. The molecule has 0 aromatic rings. The van der Waals surface area contributed by atoms with Crippen molar-refractivity contribution in [1.82, 2.24) is 4.90 Å². The lowest BCUT2D eigenvalue weighted by Gasteiger charge is -2.67. The number of hydrogen-bond donors (Lipinski definition) is 0. The van der Waals surface area contributed by atoms with E-state index >= 15 is 0 Å². The fourth-order valence-electron chi connectivity index (χ4n) is 3.55. The monoisotopic (exact) mass is 295 g/mol. The highest BCUT2D eigenvalue weighted by Gasteiger charge is 2.65. The third-order valence-electron chi connectivity index (χ3n) is 7.65. The molecule has 0 N–H and O–H groups in total. The topological polar surface area (TPSA) is 20.3 Å². The molecule has 0 spiro atoms. The van der Waals surface area contributed by atoms with Crippen LogP contribution in [0.3, 0.4) is 0 Å². The summed E-state index contributed by atoms with van der Waals surface area (Å²) in [5.41, 5.74) is -0.388. The predicted molar refractivity (Wildman–Crippen MR) is 91.2 cm³/mol.